The zero-order valence-corrected chi connectivity index (χ0v) is 13.7. The van der Waals surface area contributed by atoms with Gasteiger partial charge in [0.15, 0.2) is 0 Å². The molecule has 1 amide bonds. The topological polar surface area (TPSA) is 46.3 Å². The number of carbonyl (C=O) groups is 1. The van der Waals surface area contributed by atoms with Crippen LogP contribution in [0.1, 0.15) is 29.6 Å². The summed E-state index contributed by atoms with van der Waals surface area (Å²) in [7, 11) is 0. The molecule has 110 valence electrons. The van der Waals surface area contributed by atoms with Crippen molar-refractivity contribution in [3.05, 3.63) is 27.7 Å². The van der Waals surface area contributed by atoms with Crippen molar-refractivity contribution in [3.8, 4) is 0 Å². The van der Waals surface area contributed by atoms with Gasteiger partial charge in [-0.15, -0.1) is 11.8 Å². The molecule has 1 fully saturated rings. The number of benzene rings is 1. The highest BCUT2D eigenvalue weighted by Crippen LogP contribution is 2.32. The highest BCUT2D eigenvalue weighted by molar-refractivity contribution is 7.98. The standard InChI is InChI=1S/C14H18Cl2N2OS/c1-20-13-6-10(11(15)7-12(13)16)14(19)18-5-3-2-4-9(18)8-17/h6-7,9H,2-5,8,17H2,1H3. The van der Waals surface area contributed by atoms with Gasteiger partial charge in [0.1, 0.15) is 0 Å². The average Bonchev–Trinajstić information content (AvgIpc) is 2.46. The van der Waals surface area contributed by atoms with Crippen molar-refractivity contribution in [3.63, 3.8) is 0 Å². The van der Waals surface area contributed by atoms with Crippen molar-refractivity contribution in [1.82, 2.24) is 4.90 Å². The molecule has 1 aromatic carbocycles. The lowest BCUT2D eigenvalue weighted by Gasteiger charge is -2.35. The first kappa shape index (κ1) is 16.0. The molecule has 1 heterocycles. The third-order valence-electron chi connectivity index (χ3n) is 3.63. The van der Waals surface area contributed by atoms with Crippen LogP contribution in [0, 0.1) is 0 Å². The number of amides is 1. The van der Waals surface area contributed by atoms with Gasteiger partial charge in [-0.3, -0.25) is 4.79 Å². The number of nitrogens with zero attached hydrogens (tertiary/aromatic N) is 1. The first-order chi connectivity index (χ1) is 9.58. The van der Waals surface area contributed by atoms with Crippen molar-refractivity contribution >= 4 is 40.9 Å². The van der Waals surface area contributed by atoms with Crippen LogP contribution >= 0.6 is 35.0 Å². The van der Waals surface area contributed by atoms with E-state index in [0.29, 0.717) is 22.2 Å². The minimum absolute atomic E-state index is 0.0443. The van der Waals surface area contributed by atoms with Crippen LogP contribution in [-0.4, -0.2) is 36.2 Å². The van der Waals surface area contributed by atoms with Gasteiger partial charge in [-0.1, -0.05) is 23.2 Å². The van der Waals surface area contributed by atoms with Crippen LogP contribution in [0.2, 0.25) is 10.0 Å². The molecule has 3 nitrogen and oxygen atoms in total. The first-order valence-corrected chi connectivity index (χ1v) is 8.60. The molecule has 2 rings (SSSR count). The lowest BCUT2D eigenvalue weighted by Crippen LogP contribution is -2.47. The normalized spacial score (nSPS) is 19.2. The molecule has 0 aromatic heterocycles. The second-order valence-corrected chi connectivity index (χ2v) is 6.51. The minimum atomic E-state index is -0.0443. The predicted molar refractivity (Wildman–Crippen MR) is 86.0 cm³/mol. The van der Waals surface area contributed by atoms with E-state index in [1.807, 2.05) is 11.2 Å². The van der Waals surface area contributed by atoms with E-state index in [9.17, 15) is 4.79 Å². The van der Waals surface area contributed by atoms with Crippen LogP contribution in [0.15, 0.2) is 17.0 Å². The maximum absolute atomic E-state index is 12.7. The summed E-state index contributed by atoms with van der Waals surface area (Å²) in [4.78, 5) is 15.4. The number of hydrogen-bond donors (Lipinski definition) is 1. The van der Waals surface area contributed by atoms with Gasteiger partial charge >= 0.3 is 0 Å². The summed E-state index contributed by atoms with van der Waals surface area (Å²) in [5, 5.41) is 0.979. The van der Waals surface area contributed by atoms with Gasteiger partial charge in [0.25, 0.3) is 5.91 Å². The maximum Gasteiger partial charge on any atom is 0.255 e. The molecule has 0 bridgehead atoms. The number of thioether (sulfide) groups is 1. The van der Waals surface area contributed by atoms with E-state index in [-0.39, 0.29) is 11.9 Å². The number of rotatable bonds is 3. The second-order valence-electron chi connectivity index (χ2n) is 4.85. The molecule has 1 aromatic rings. The molecule has 1 saturated heterocycles. The number of carbonyl (C=O) groups excluding carboxylic acids is 1. The first-order valence-electron chi connectivity index (χ1n) is 6.62. The van der Waals surface area contributed by atoms with E-state index in [4.69, 9.17) is 28.9 Å². The average molecular weight is 333 g/mol. The Bertz CT molecular complexity index is 510. The maximum atomic E-state index is 12.7. The molecule has 0 saturated carbocycles. The summed E-state index contributed by atoms with van der Waals surface area (Å²) >= 11 is 13.8. The smallest absolute Gasteiger partial charge is 0.255 e. The van der Waals surface area contributed by atoms with Gasteiger partial charge in [0, 0.05) is 24.0 Å². The molecule has 2 N–H and O–H groups in total. The fraction of sp³-hybridized carbons (Fsp3) is 0.500. The third-order valence-corrected chi connectivity index (χ3v) is 5.15. The Morgan fingerprint density at radius 1 is 1.40 bits per heavy atom. The van der Waals surface area contributed by atoms with E-state index in [2.05, 4.69) is 0 Å². The van der Waals surface area contributed by atoms with Gasteiger partial charge in [0.05, 0.1) is 15.6 Å². The van der Waals surface area contributed by atoms with Crippen molar-refractivity contribution < 1.29 is 4.79 Å². The van der Waals surface area contributed by atoms with Crippen molar-refractivity contribution in [2.45, 2.75) is 30.2 Å². The Kier molecular flexibility index (Phi) is 5.61. The van der Waals surface area contributed by atoms with Gasteiger partial charge in [0.2, 0.25) is 0 Å². The van der Waals surface area contributed by atoms with Crippen LogP contribution in [-0.2, 0) is 0 Å². The number of halogens is 2. The zero-order chi connectivity index (χ0) is 14.7. The van der Waals surface area contributed by atoms with E-state index in [1.54, 1.807) is 12.1 Å². The lowest BCUT2D eigenvalue weighted by atomic mass is 10.0. The van der Waals surface area contributed by atoms with Crippen LogP contribution < -0.4 is 5.73 Å². The van der Waals surface area contributed by atoms with Crippen LogP contribution in [0.25, 0.3) is 0 Å². The molecule has 1 atom stereocenters. The third kappa shape index (κ3) is 3.25. The molecule has 0 aliphatic carbocycles. The molecule has 0 spiro atoms. The molecule has 1 unspecified atom stereocenters. The summed E-state index contributed by atoms with van der Waals surface area (Å²) in [6.45, 7) is 1.24. The van der Waals surface area contributed by atoms with Gasteiger partial charge in [-0.2, -0.15) is 0 Å². The molecule has 1 aliphatic heterocycles. The number of nitrogens with two attached hydrogens (primary N) is 1. The van der Waals surface area contributed by atoms with Crippen LogP contribution in [0.3, 0.4) is 0 Å². The monoisotopic (exact) mass is 332 g/mol. The predicted octanol–water partition coefficient (Wildman–Crippen LogP) is 3.67. The van der Waals surface area contributed by atoms with E-state index in [1.165, 1.54) is 11.8 Å². The van der Waals surface area contributed by atoms with Crippen LogP contribution in [0.5, 0.6) is 0 Å². The van der Waals surface area contributed by atoms with Crippen molar-refractivity contribution in [2.75, 3.05) is 19.3 Å². The fourth-order valence-electron chi connectivity index (χ4n) is 2.52. The van der Waals surface area contributed by atoms with E-state index >= 15 is 0 Å². The number of piperidine rings is 1. The quantitative estimate of drug-likeness (QED) is 0.859. The summed E-state index contributed by atoms with van der Waals surface area (Å²) in [6, 6.07) is 3.53. The Morgan fingerprint density at radius 3 is 2.80 bits per heavy atom. The Balaban J connectivity index is 2.32. The zero-order valence-electron chi connectivity index (χ0n) is 11.4. The lowest BCUT2D eigenvalue weighted by molar-refractivity contribution is 0.0623. The van der Waals surface area contributed by atoms with Crippen LogP contribution in [0.4, 0.5) is 0 Å². The molecule has 6 heteroatoms. The fourth-order valence-corrected chi connectivity index (χ4v) is 3.70. The minimum Gasteiger partial charge on any atom is -0.334 e. The molecular weight excluding hydrogens is 315 g/mol. The van der Waals surface area contributed by atoms with Gasteiger partial charge in [-0.05, 0) is 37.7 Å². The van der Waals surface area contributed by atoms with Gasteiger partial charge in [-0.25, -0.2) is 0 Å². The summed E-state index contributed by atoms with van der Waals surface area (Å²) in [5.74, 6) is -0.0443. The van der Waals surface area contributed by atoms with Crippen molar-refractivity contribution in [1.29, 1.82) is 0 Å². The number of hydrogen-bond acceptors (Lipinski definition) is 3. The number of likely N-dealkylation sites (tertiary alicyclic amines) is 1. The molecule has 1 aliphatic rings. The van der Waals surface area contributed by atoms with Gasteiger partial charge < -0.3 is 10.6 Å². The summed E-state index contributed by atoms with van der Waals surface area (Å²) in [5.41, 5.74) is 6.29. The van der Waals surface area contributed by atoms with E-state index < -0.39 is 0 Å². The van der Waals surface area contributed by atoms with E-state index in [0.717, 1.165) is 30.7 Å². The second kappa shape index (κ2) is 7.03. The summed E-state index contributed by atoms with van der Waals surface area (Å²) in [6.07, 6.45) is 5.02. The van der Waals surface area contributed by atoms with Crippen molar-refractivity contribution in [2.24, 2.45) is 5.73 Å². The highest BCUT2D eigenvalue weighted by Gasteiger charge is 2.28. The summed E-state index contributed by atoms with van der Waals surface area (Å²) < 4.78 is 0. The molecular formula is C14H18Cl2N2OS. The largest absolute Gasteiger partial charge is 0.334 e. The Hall–Kier alpha value is -0.420. The molecule has 0 radical (unpaired) electrons. The SMILES string of the molecule is CSc1cc(C(=O)N2CCCCC2CN)c(Cl)cc1Cl. The highest BCUT2D eigenvalue weighted by atomic mass is 35.5. The Morgan fingerprint density at radius 2 is 2.15 bits per heavy atom. The molecule has 20 heavy (non-hydrogen) atoms. The Labute approximate surface area is 133 Å².